The van der Waals surface area contributed by atoms with E-state index in [-0.39, 0.29) is 19.8 Å². The number of carbonyl (C=O) groups is 1. The quantitative estimate of drug-likeness (QED) is 0.560. The van der Waals surface area contributed by atoms with Crippen molar-refractivity contribution in [2.24, 2.45) is 0 Å². The Hall–Kier alpha value is -3.41. The van der Waals surface area contributed by atoms with E-state index in [9.17, 15) is 26.7 Å². The molecule has 32 heavy (non-hydrogen) atoms. The second-order valence-electron chi connectivity index (χ2n) is 7.44. The van der Waals surface area contributed by atoms with E-state index < -0.39 is 46.9 Å². The molecule has 0 N–H and O–H groups in total. The molecule has 2 unspecified atom stereocenters. The second kappa shape index (κ2) is 7.33. The Morgan fingerprint density at radius 3 is 2.62 bits per heavy atom. The minimum atomic E-state index is -4.93. The van der Waals surface area contributed by atoms with Crippen molar-refractivity contribution in [3.8, 4) is 11.5 Å². The average molecular weight is 451 g/mol. The van der Waals surface area contributed by atoms with Gasteiger partial charge in [-0.25, -0.2) is 13.8 Å². The lowest BCUT2D eigenvalue weighted by molar-refractivity contribution is -0.140. The molecule has 1 amide bonds. The molecule has 1 fully saturated rings. The van der Waals surface area contributed by atoms with Gasteiger partial charge in [-0.1, -0.05) is 6.07 Å². The fourth-order valence-electron chi connectivity index (χ4n) is 4.08. The topological polar surface area (TPSA) is 73.1 Å². The van der Waals surface area contributed by atoms with Crippen LogP contribution in [0.25, 0.3) is 11.5 Å². The molecule has 1 aromatic carbocycles. The Bertz CT molecular complexity index is 1190. The highest BCUT2D eigenvalue weighted by Crippen LogP contribution is 2.37. The van der Waals surface area contributed by atoms with Gasteiger partial charge < -0.3 is 14.2 Å². The van der Waals surface area contributed by atoms with E-state index in [1.807, 2.05) is 0 Å². The molecule has 0 aliphatic carbocycles. The van der Waals surface area contributed by atoms with E-state index in [1.54, 1.807) is 4.57 Å². The third-order valence-corrected chi connectivity index (χ3v) is 5.51. The van der Waals surface area contributed by atoms with Crippen molar-refractivity contribution in [1.29, 1.82) is 0 Å². The lowest BCUT2D eigenvalue weighted by Gasteiger charge is -2.45. The fourth-order valence-corrected chi connectivity index (χ4v) is 4.08. The zero-order chi connectivity index (χ0) is 22.6. The van der Waals surface area contributed by atoms with Crippen LogP contribution >= 0.6 is 0 Å². The molecule has 7 nitrogen and oxygen atoms in total. The van der Waals surface area contributed by atoms with Gasteiger partial charge in [-0.15, -0.1) is 10.2 Å². The molecule has 12 heteroatoms. The predicted octanol–water partition coefficient (Wildman–Crippen LogP) is 3.23. The van der Waals surface area contributed by atoms with Crippen LogP contribution < -0.4 is 0 Å². The van der Waals surface area contributed by atoms with Gasteiger partial charge in [-0.3, -0.25) is 4.79 Å². The number of fused-ring (bicyclic) bond motifs is 4. The van der Waals surface area contributed by atoms with Crippen molar-refractivity contribution in [3.63, 3.8) is 0 Å². The van der Waals surface area contributed by atoms with Gasteiger partial charge in [0.1, 0.15) is 23.4 Å². The smallest absolute Gasteiger partial charge is 0.377 e. The minimum Gasteiger partial charge on any atom is -0.377 e. The van der Waals surface area contributed by atoms with Crippen LogP contribution in [-0.2, 0) is 17.5 Å². The Balaban J connectivity index is 1.54. The summed E-state index contributed by atoms with van der Waals surface area (Å²) in [5.74, 6) is -2.34. The molecule has 2 aromatic heterocycles. The van der Waals surface area contributed by atoms with Crippen LogP contribution in [0.2, 0.25) is 0 Å². The molecule has 166 valence electrons. The molecule has 2 bridgehead atoms. The van der Waals surface area contributed by atoms with Crippen molar-refractivity contribution in [2.75, 3.05) is 13.2 Å². The summed E-state index contributed by atoms with van der Waals surface area (Å²) in [5, 5.41) is 8.21. The molecule has 1 saturated heterocycles. The van der Waals surface area contributed by atoms with Crippen molar-refractivity contribution in [1.82, 2.24) is 24.6 Å². The van der Waals surface area contributed by atoms with Crippen molar-refractivity contribution in [2.45, 2.75) is 24.8 Å². The number of hydrogen-bond acceptors (Lipinski definition) is 5. The molecular formula is C20H14F5N5O2. The third-order valence-electron chi connectivity index (χ3n) is 5.51. The zero-order valence-electron chi connectivity index (χ0n) is 16.2. The molecule has 0 spiro atoms. The third kappa shape index (κ3) is 3.22. The molecule has 0 saturated carbocycles. The first-order valence-corrected chi connectivity index (χ1v) is 9.57. The molecule has 3 aromatic rings. The number of amides is 1. The van der Waals surface area contributed by atoms with Gasteiger partial charge in [0.25, 0.3) is 5.91 Å². The predicted molar refractivity (Wildman–Crippen MR) is 98.1 cm³/mol. The number of pyridine rings is 1. The Labute approximate surface area is 177 Å². The van der Waals surface area contributed by atoms with E-state index in [0.29, 0.717) is 23.4 Å². The number of alkyl halides is 3. The molecule has 4 heterocycles. The summed E-state index contributed by atoms with van der Waals surface area (Å²) in [5.41, 5.74) is -1.81. The normalized spacial score (nSPS) is 20.2. The molecule has 0 radical (unpaired) electrons. The summed E-state index contributed by atoms with van der Waals surface area (Å²) in [6.07, 6.45) is -3.89. The number of morpholine rings is 1. The van der Waals surface area contributed by atoms with Crippen molar-refractivity contribution in [3.05, 3.63) is 65.1 Å². The maximum Gasteiger partial charge on any atom is 0.419 e. The maximum atomic E-state index is 14.6. The minimum absolute atomic E-state index is 0.0117. The van der Waals surface area contributed by atoms with Crippen molar-refractivity contribution < 1.29 is 31.5 Å². The number of ether oxygens (including phenoxy) is 1. The largest absolute Gasteiger partial charge is 0.419 e. The number of hydrogen-bond donors (Lipinski definition) is 0. The van der Waals surface area contributed by atoms with Crippen LogP contribution in [0.15, 0.2) is 36.5 Å². The summed E-state index contributed by atoms with van der Waals surface area (Å²) in [6, 6.07) is 3.89. The Morgan fingerprint density at radius 1 is 1.09 bits per heavy atom. The number of aromatic nitrogens is 4. The zero-order valence-corrected chi connectivity index (χ0v) is 16.2. The van der Waals surface area contributed by atoms with Gasteiger partial charge >= 0.3 is 6.18 Å². The summed E-state index contributed by atoms with van der Waals surface area (Å²) in [7, 11) is 0. The maximum absolute atomic E-state index is 14.6. The average Bonchev–Trinajstić information content (AvgIpc) is 3.16. The second-order valence-corrected chi connectivity index (χ2v) is 7.44. The van der Waals surface area contributed by atoms with E-state index in [4.69, 9.17) is 4.74 Å². The summed E-state index contributed by atoms with van der Waals surface area (Å²) in [4.78, 5) is 18.5. The first-order chi connectivity index (χ1) is 15.3. The molecule has 2 aliphatic heterocycles. The van der Waals surface area contributed by atoms with Crippen LogP contribution in [-0.4, -0.2) is 49.8 Å². The van der Waals surface area contributed by atoms with Crippen LogP contribution in [0.3, 0.4) is 0 Å². The summed E-state index contributed by atoms with van der Waals surface area (Å²) >= 11 is 0. The monoisotopic (exact) mass is 451 g/mol. The van der Waals surface area contributed by atoms with Crippen molar-refractivity contribution >= 4 is 5.91 Å². The lowest BCUT2D eigenvalue weighted by Crippen LogP contribution is -2.56. The highest BCUT2D eigenvalue weighted by molar-refractivity contribution is 5.95. The van der Waals surface area contributed by atoms with E-state index in [1.165, 1.54) is 17.0 Å². The first kappa shape index (κ1) is 20.5. The summed E-state index contributed by atoms with van der Waals surface area (Å²) in [6.45, 7) is 0.258. The Morgan fingerprint density at radius 2 is 1.91 bits per heavy atom. The first-order valence-electron chi connectivity index (χ1n) is 9.57. The van der Waals surface area contributed by atoms with Crippen LogP contribution in [0.5, 0.6) is 0 Å². The molecule has 5 rings (SSSR count). The Kier molecular flexibility index (Phi) is 4.69. The fraction of sp³-hybridized carbons (Fsp3) is 0.300. The van der Waals surface area contributed by atoms with Gasteiger partial charge in [0.2, 0.25) is 0 Å². The SMILES string of the molecule is O=C(c1cccc(C(F)(F)F)c1F)N1C2COCC1c1nnc(-c3ccc(F)cn3)n1C2. The number of rotatable bonds is 2. The molecular weight excluding hydrogens is 437 g/mol. The van der Waals surface area contributed by atoms with Gasteiger partial charge in [0, 0.05) is 6.54 Å². The van der Waals surface area contributed by atoms with E-state index in [0.717, 1.165) is 18.3 Å². The molecule has 2 atom stereocenters. The van der Waals surface area contributed by atoms with Gasteiger partial charge in [0.05, 0.1) is 36.6 Å². The van der Waals surface area contributed by atoms with E-state index in [2.05, 4.69) is 15.2 Å². The number of halogens is 5. The number of nitrogens with zero attached hydrogens (tertiary/aromatic N) is 5. The highest BCUT2D eigenvalue weighted by atomic mass is 19.4. The lowest BCUT2D eigenvalue weighted by atomic mass is 10.0. The van der Waals surface area contributed by atoms with E-state index >= 15 is 0 Å². The standard InChI is InChI=1S/C20H14F5N5O2/c21-10-4-5-14(26-6-10)17-27-28-18-15-9-32-8-11(7-29(17)18)30(15)19(31)12-2-1-3-13(16(12)22)20(23,24)25/h1-6,11,15H,7-9H2. The van der Waals surface area contributed by atoms with Crippen LogP contribution in [0.4, 0.5) is 22.0 Å². The highest BCUT2D eigenvalue weighted by Gasteiger charge is 2.45. The summed E-state index contributed by atoms with van der Waals surface area (Å²) < 4.78 is 74.5. The number of benzene rings is 1. The van der Waals surface area contributed by atoms with Gasteiger partial charge in [0.15, 0.2) is 11.6 Å². The van der Waals surface area contributed by atoms with Crippen LogP contribution in [0.1, 0.15) is 27.8 Å². The van der Waals surface area contributed by atoms with Gasteiger partial charge in [-0.05, 0) is 24.3 Å². The number of carbonyl (C=O) groups excluding carboxylic acids is 1. The molecule has 2 aliphatic rings. The van der Waals surface area contributed by atoms with Crippen LogP contribution in [0, 0.1) is 11.6 Å². The van der Waals surface area contributed by atoms with Gasteiger partial charge in [-0.2, -0.15) is 13.2 Å².